The van der Waals surface area contributed by atoms with Gasteiger partial charge in [-0.1, -0.05) is 40.9 Å². The van der Waals surface area contributed by atoms with Crippen molar-refractivity contribution in [3.05, 3.63) is 44.8 Å². The number of carboxylic acids is 2. The summed E-state index contributed by atoms with van der Waals surface area (Å²) in [6, 6.07) is 3.07. The molecule has 0 radical (unpaired) electrons. The molecule has 12 atom stereocenters. The molecule has 1 aromatic heterocycles. The first-order valence-electron chi connectivity index (χ1n) is 31.4. The van der Waals surface area contributed by atoms with E-state index in [1.165, 1.54) is 39.3 Å². The molecule has 8 rings (SSSR count). The lowest BCUT2D eigenvalue weighted by Gasteiger charge is -2.59. The number of phenolic OH excluding ortho intramolecular Hbond substituents is 2. The largest absolute Gasteiger partial charge is 0.507 e. The van der Waals surface area contributed by atoms with Gasteiger partial charge in [-0.15, -0.1) is 23.1 Å². The van der Waals surface area contributed by atoms with E-state index in [1.54, 1.807) is 46.0 Å². The number of benzene rings is 2. The minimum Gasteiger partial charge on any atom is -0.507 e. The number of aromatic hydroxyl groups is 2. The molecule has 4 amide bonds. The highest BCUT2D eigenvalue weighted by molar-refractivity contribution is 8.15. The second kappa shape index (κ2) is 29.9. The molecule has 4 fully saturated rings. The van der Waals surface area contributed by atoms with E-state index < -0.39 is 35.5 Å². The maximum absolute atomic E-state index is 13.9. The van der Waals surface area contributed by atoms with Gasteiger partial charge >= 0.3 is 18.0 Å². The van der Waals surface area contributed by atoms with E-state index in [9.17, 15) is 59.4 Å². The van der Waals surface area contributed by atoms with Crippen molar-refractivity contribution in [3.63, 3.8) is 0 Å². The molecule has 0 bridgehead atoms. The Kier molecular flexibility index (Phi) is 23.1. The number of aliphatic imine (C=N–C) groups is 1. The number of fused-ring (bicyclic) bond motifs is 6. The zero-order valence-corrected chi connectivity index (χ0v) is 53.6. The summed E-state index contributed by atoms with van der Waals surface area (Å²) in [5, 5.41) is 70.3. The van der Waals surface area contributed by atoms with Gasteiger partial charge in [-0.05, 0) is 143 Å². The topological polar surface area (TPSA) is 307 Å². The third-order valence-corrected chi connectivity index (χ3v) is 22.3. The minimum atomic E-state index is -1.10. The number of hydrogen-bond acceptors (Lipinski definition) is 17. The lowest BCUT2D eigenvalue weighted by Crippen LogP contribution is -2.55. The molecule has 21 nitrogen and oxygen atoms in total. The third-order valence-electron chi connectivity index (χ3n) is 20.1. The summed E-state index contributed by atoms with van der Waals surface area (Å²) >= 11 is 2.61. The van der Waals surface area contributed by atoms with Crippen molar-refractivity contribution in [2.45, 2.75) is 161 Å². The van der Waals surface area contributed by atoms with Crippen molar-refractivity contribution in [2.75, 3.05) is 65.4 Å². The number of amides is 4. The Labute approximate surface area is 523 Å². The van der Waals surface area contributed by atoms with Crippen LogP contribution >= 0.6 is 23.1 Å². The molecule has 3 aromatic rings. The molecule has 484 valence electrons. The van der Waals surface area contributed by atoms with Gasteiger partial charge in [0.1, 0.15) is 33.3 Å². The van der Waals surface area contributed by atoms with E-state index >= 15 is 0 Å². The van der Waals surface area contributed by atoms with Crippen LogP contribution in [0, 0.1) is 53.8 Å². The summed E-state index contributed by atoms with van der Waals surface area (Å²) in [4.78, 5) is 88.8. The van der Waals surface area contributed by atoms with Crippen LogP contribution in [0.3, 0.4) is 0 Å². The third kappa shape index (κ3) is 16.2. The van der Waals surface area contributed by atoms with Gasteiger partial charge in [-0.3, -0.25) is 19.4 Å². The second-order valence-electron chi connectivity index (χ2n) is 26.2. The maximum Gasteiger partial charge on any atom is 0.415 e. The van der Waals surface area contributed by atoms with Crippen molar-refractivity contribution in [3.8, 4) is 17.2 Å². The van der Waals surface area contributed by atoms with Crippen LogP contribution in [0.4, 0.5) is 4.79 Å². The lowest BCUT2D eigenvalue weighted by atomic mass is 9.46. The fourth-order valence-electron chi connectivity index (χ4n) is 15.0. The normalized spacial score (nSPS) is 25.6. The molecule has 5 aliphatic rings. The fraction of sp³-hybridized carbons (Fsp3) is 0.662. The first-order valence-corrected chi connectivity index (χ1v) is 33.2. The summed E-state index contributed by atoms with van der Waals surface area (Å²) in [6.07, 6.45) is 8.84. The van der Waals surface area contributed by atoms with Crippen LogP contribution in [-0.4, -0.2) is 176 Å². The Hall–Kier alpha value is -5.85. The van der Waals surface area contributed by atoms with Gasteiger partial charge in [0.25, 0.3) is 0 Å². The number of aliphatic carboxylic acids is 2. The Bertz CT molecular complexity index is 3160. The smallest absolute Gasteiger partial charge is 0.415 e. The fourth-order valence-corrected chi connectivity index (χ4v) is 17.1. The highest BCUT2D eigenvalue weighted by Crippen LogP contribution is 2.64. The number of hydrogen-bond donors (Lipinski definition) is 8. The molecule has 0 saturated heterocycles. The highest BCUT2D eigenvalue weighted by Gasteiger charge is 2.59. The molecule has 88 heavy (non-hydrogen) atoms. The van der Waals surface area contributed by atoms with Gasteiger partial charge in [-0.2, -0.15) is 0 Å². The predicted octanol–water partition coefficient (Wildman–Crippen LogP) is 6.71. The van der Waals surface area contributed by atoms with Gasteiger partial charge in [0, 0.05) is 91.3 Å². The molecular weight excluding hydrogens is 1170 g/mol. The molecule has 2 aromatic carbocycles. The van der Waals surface area contributed by atoms with Gasteiger partial charge in [-0.25, -0.2) is 19.4 Å². The first kappa shape index (κ1) is 68.1. The summed E-state index contributed by atoms with van der Waals surface area (Å²) in [5.41, 5.74) is 0.535. The Morgan fingerprint density at radius 2 is 1.61 bits per heavy atom. The number of ether oxygens (including phenoxy) is 3. The number of carboxylic acid groups (broad SMARTS) is 2. The van der Waals surface area contributed by atoms with Crippen LogP contribution < -0.4 is 25.8 Å². The van der Waals surface area contributed by atoms with Crippen molar-refractivity contribution < 1.29 is 73.6 Å². The van der Waals surface area contributed by atoms with Gasteiger partial charge in [0.05, 0.1) is 48.9 Å². The number of aliphatic hydroxyl groups is 2. The van der Waals surface area contributed by atoms with E-state index in [1.807, 2.05) is 0 Å². The summed E-state index contributed by atoms with van der Waals surface area (Å²) < 4.78 is 18.0. The molecule has 23 heteroatoms. The van der Waals surface area contributed by atoms with Crippen molar-refractivity contribution in [1.82, 2.24) is 25.4 Å². The number of likely N-dealkylation sites (N-methyl/N-ethyl adjacent to an activating group) is 1. The van der Waals surface area contributed by atoms with Crippen molar-refractivity contribution >= 4 is 87.3 Å². The average molecular weight is 1260 g/mol. The van der Waals surface area contributed by atoms with Crippen LogP contribution in [0.2, 0.25) is 0 Å². The average Bonchev–Trinajstić information content (AvgIpc) is 1.24. The molecule has 3 unspecified atom stereocenters. The van der Waals surface area contributed by atoms with Gasteiger partial charge in [0.2, 0.25) is 17.7 Å². The zero-order valence-electron chi connectivity index (χ0n) is 51.9. The molecular formula is C65H92N6O15S2. The minimum absolute atomic E-state index is 0.0477. The maximum atomic E-state index is 13.9. The number of carbonyl (C=O) groups is 6. The van der Waals surface area contributed by atoms with Crippen LogP contribution in [0.25, 0.3) is 23.4 Å². The molecule has 4 saturated carbocycles. The number of unbranched alkanes of at least 4 members (excludes halogenated alkanes) is 1. The van der Waals surface area contributed by atoms with E-state index in [0.29, 0.717) is 92.5 Å². The number of aliphatic hydroxyl groups excluding tert-OH is 2. The van der Waals surface area contributed by atoms with Gasteiger partial charge < -0.3 is 65.3 Å². The van der Waals surface area contributed by atoms with Gasteiger partial charge in [0.15, 0.2) is 6.04 Å². The molecule has 2 heterocycles. The SMILES string of the molecule is C=c1c(C)c(O)c(=C)c(C(C)(C)CC(=O)N(C)CCN(CCOCCOCCC(=O)NCCCCC(NC(=O)CC[C@@H](C)[C@H]2CC[C@@H]3C2[C@@H](O)C[C@H]2[C@H]3CC[C@@H]3C[C@H](O)CC[C@@]32C)C(=O)O)C(=O)Oc2ccc3nc(C4=NC(C(=O)O)CS4)sc3c2)c1O. The van der Waals surface area contributed by atoms with Crippen LogP contribution in [0.1, 0.15) is 140 Å². The Morgan fingerprint density at radius 3 is 2.34 bits per heavy atom. The molecule has 0 spiro atoms. The number of phenols is 2. The quantitative estimate of drug-likeness (QED) is 0.0265. The number of thiazole rings is 1. The Morgan fingerprint density at radius 1 is 0.875 bits per heavy atom. The van der Waals surface area contributed by atoms with Crippen molar-refractivity contribution in [2.24, 2.45) is 51.8 Å². The number of thioether (sulfide) groups is 1. The number of rotatable bonds is 29. The predicted molar refractivity (Wildman–Crippen MR) is 337 cm³/mol. The van der Waals surface area contributed by atoms with E-state index in [0.717, 1.165) is 44.9 Å². The summed E-state index contributed by atoms with van der Waals surface area (Å²) in [7, 11) is 1.60. The van der Waals surface area contributed by atoms with Crippen molar-refractivity contribution in [1.29, 1.82) is 0 Å². The second-order valence-corrected chi connectivity index (χ2v) is 28.2. The number of aromatic nitrogens is 1. The van der Waals surface area contributed by atoms with E-state index in [-0.39, 0.29) is 147 Å². The molecule has 1 aliphatic heterocycles. The first-order chi connectivity index (χ1) is 41.8. The molecule has 8 N–H and O–H groups in total. The monoisotopic (exact) mass is 1260 g/mol. The van der Waals surface area contributed by atoms with E-state index in [2.05, 4.69) is 47.6 Å². The standard InChI is InChI=1S/C65H92N6O15S2/c1-36(43-16-17-45-44-15-13-40-31-41(72)20-22-65(40,7)46(44)33-50(73)55(43)45)12-19-53(75)67-48(61(79)80)11-9-10-23-66-52(74)21-27-84-29-30-85-28-26-71(25-24-70(8)54(76)34-64(5,6)56-39(4)57(77)37(2)38(3)58(56)78)63(83)86-42-14-18-47-51(32-42)88-60(68-47)59-69-49(35-87-59)62(81)82/h14,18,32,36,40-41,43-46,48-50,55,72-73,77-78H,3-4,9-13,15-17,19-31,33-35H2,1-2,5-8H3,(H,66,74)(H,67,75)(H,79,80)(H,81,82)/t36-,40-,41-,43-,44+,45+,46+,48?,49?,50+,55?,65+/m1/s1. The Balaban J connectivity index is 0.729. The number of carbonyl (C=O) groups excluding carboxylic acids is 4. The van der Waals surface area contributed by atoms with Crippen LogP contribution in [0.5, 0.6) is 17.2 Å². The highest BCUT2D eigenvalue weighted by atomic mass is 32.2. The van der Waals surface area contributed by atoms with E-state index in [4.69, 9.17) is 14.2 Å². The lowest BCUT2D eigenvalue weighted by molar-refractivity contribution is -0.143. The zero-order chi connectivity index (χ0) is 63.8. The van der Waals surface area contributed by atoms with Crippen LogP contribution in [0.15, 0.2) is 23.2 Å². The number of nitrogens with one attached hydrogen (secondary N) is 2. The summed E-state index contributed by atoms with van der Waals surface area (Å²) in [5.74, 6) is 0.230. The molecule has 4 aliphatic carbocycles. The van der Waals surface area contributed by atoms with Crippen LogP contribution in [-0.2, 0) is 38.9 Å². The summed E-state index contributed by atoms with van der Waals surface area (Å²) in [6.45, 7) is 18.6. The number of nitrogens with zero attached hydrogens (tertiary/aromatic N) is 4.